The fourth-order valence-electron chi connectivity index (χ4n) is 5.89. The SMILES string of the molecule is Cc1ccccc1CN1CCc2ccc(OCCCC3CCN(Cc4ccccc4Cl)CC3)cc2CC1. The Morgan fingerprint density at radius 2 is 1.46 bits per heavy atom. The van der Waals surface area contributed by atoms with E-state index >= 15 is 0 Å². The predicted octanol–water partition coefficient (Wildman–Crippen LogP) is 7.32. The van der Waals surface area contributed by atoms with Crippen LogP contribution in [0.4, 0.5) is 0 Å². The Kier molecular flexibility index (Phi) is 9.20. The van der Waals surface area contributed by atoms with Crippen molar-refractivity contribution < 1.29 is 4.74 Å². The summed E-state index contributed by atoms with van der Waals surface area (Å²) in [5.41, 5.74) is 7.04. The summed E-state index contributed by atoms with van der Waals surface area (Å²) < 4.78 is 6.22. The molecule has 37 heavy (non-hydrogen) atoms. The van der Waals surface area contributed by atoms with Crippen LogP contribution in [0.3, 0.4) is 0 Å². The average molecular weight is 517 g/mol. The topological polar surface area (TPSA) is 15.7 Å². The van der Waals surface area contributed by atoms with E-state index in [1.165, 1.54) is 60.2 Å². The zero-order valence-corrected chi connectivity index (χ0v) is 23.1. The van der Waals surface area contributed by atoms with Crippen LogP contribution in [0.15, 0.2) is 66.7 Å². The Balaban J connectivity index is 1.02. The number of nitrogens with zero attached hydrogens (tertiary/aromatic N) is 2. The molecule has 1 saturated heterocycles. The van der Waals surface area contributed by atoms with E-state index in [1.807, 2.05) is 12.1 Å². The summed E-state index contributed by atoms with van der Waals surface area (Å²) in [5, 5.41) is 0.888. The molecule has 0 bridgehead atoms. The maximum atomic E-state index is 6.35. The van der Waals surface area contributed by atoms with Crippen LogP contribution in [0.1, 0.15) is 53.5 Å². The molecule has 2 heterocycles. The van der Waals surface area contributed by atoms with Gasteiger partial charge in [0.1, 0.15) is 5.75 Å². The number of fused-ring (bicyclic) bond motifs is 1. The van der Waals surface area contributed by atoms with Crippen LogP contribution < -0.4 is 4.74 Å². The van der Waals surface area contributed by atoms with Gasteiger partial charge in [0.05, 0.1) is 6.61 Å². The number of benzene rings is 3. The smallest absolute Gasteiger partial charge is 0.119 e. The van der Waals surface area contributed by atoms with Crippen molar-refractivity contribution in [1.82, 2.24) is 9.80 Å². The summed E-state index contributed by atoms with van der Waals surface area (Å²) in [6.45, 7) is 9.62. The van der Waals surface area contributed by atoms with Crippen LogP contribution in [-0.2, 0) is 25.9 Å². The van der Waals surface area contributed by atoms with Gasteiger partial charge < -0.3 is 4.74 Å². The zero-order chi connectivity index (χ0) is 25.5. The fourth-order valence-corrected chi connectivity index (χ4v) is 6.08. The van der Waals surface area contributed by atoms with E-state index in [9.17, 15) is 0 Å². The number of hydrogen-bond acceptors (Lipinski definition) is 3. The van der Waals surface area contributed by atoms with E-state index in [0.29, 0.717) is 0 Å². The van der Waals surface area contributed by atoms with Crippen LogP contribution in [0.25, 0.3) is 0 Å². The highest BCUT2D eigenvalue weighted by Gasteiger charge is 2.20. The molecule has 0 unspecified atom stereocenters. The number of ether oxygens (including phenoxy) is 1. The van der Waals surface area contributed by atoms with Gasteiger partial charge in [-0.15, -0.1) is 0 Å². The van der Waals surface area contributed by atoms with Crippen LogP contribution in [0.5, 0.6) is 5.75 Å². The third-order valence-electron chi connectivity index (χ3n) is 8.31. The van der Waals surface area contributed by atoms with E-state index in [2.05, 4.69) is 71.3 Å². The number of likely N-dealkylation sites (tertiary alicyclic amines) is 1. The number of hydrogen-bond donors (Lipinski definition) is 0. The van der Waals surface area contributed by atoms with Gasteiger partial charge in [-0.2, -0.15) is 0 Å². The van der Waals surface area contributed by atoms with E-state index < -0.39 is 0 Å². The quantitative estimate of drug-likeness (QED) is 0.277. The van der Waals surface area contributed by atoms with Crippen LogP contribution in [-0.4, -0.2) is 42.6 Å². The maximum Gasteiger partial charge on any atom is 0.119 e. The third-order valence-corrected chi connectivity index (χ3v) is 8.68. The first-order valence-corrected chi connectivity index (χ1v) is 14.5. The number of rotatable bonds is 9. The lowest BCUT2D eigenvalue weighted by atomic mass is 9.92. The van der Waals surface area contributed by atoms with Gasteiger partial charge in [0.15, 0.2) is 0 Å². The minimum Gasteiger partial charge on any atom is -0.494 e. The molecule has 0 aromatic heterocycles. The molecule has 0 amide bonds. The molecule has 3 aromatic rings. The van der Waals surface area contributed by atoms with Crippen LogP contribution >= 0.6 is 11.6 Å². The van der Waals surface area contributed by atoms with E-state index in [0.717, 1.165) is 68.7 Å². The molecule has 3 nitrogen and oxygen atoms in total. The fraction of sp³-hybridized carbons (Fsp3) is 0.455. The van der Waals surface area contributed by atoms with Crippen molar-refractivity contribution in [1.29, 1.82) is 0 Å². The van der Waals surface area contributed by atoms with Crippen LogP contribution in [0, 0.1) is 12.8 Å². The van der Waals surface area contributed by atoms with Gasteiger partial charge in [0, 0.05) is 31.2 Å². The second kappa shape index (κ2) is 13.0. The molecule has 0 atom stereocenters. The second-order valence-electron chi connectivity index (χ2n) is 10.9. The van der Waals surface area contributed by atoms with Crippen molar-refractivity contribution in [3.63, 3.8) is 0 Å². The van der Waals surface area contributed by atoms with Crippen LogP contribution in [0.2, 0.25) is 5.02 Å². The Bertz CT molecular complexity index is 1150. The Morgan fingerprint density at radius 3 is 2.24 bits per heavy atom. The summed E-state index contributed by atoms with van der Waals surface area (Å²) in [7, 11) is 0. The molecule has 3 aromatic carbocycles. The first kappa shape index (κ1) is 26.3. The van der Waals surface area contributed by atoms with Gasteiger partial charge in [-0.25, -0.2) is 0 Å². The average Bonchev–Trinajstić information content (AvgIpc) is 3.12. The van der Waals surface area contributed by atoms with Crippen molar-refractivity contribution in [2.75, 3.05) is 32.8 Å². The normalized spacial score (nSPS) is 17.4. The molecule has 1 fully saturated rings. The molecule has 196 valence electrons. The summed E-state index contributed by atoms with van der Waals surface area (Å²) in [6, 6.07) is 23.8. The molecule has 0 N–H and O–H groups in total. The lowest BCUT2D eigenvalue weighted by molar-refractivity contribution is 0.166. The first-order valence-electron chi connectivity index (χ1n) is 14.1. The molecular weight excluding hydrogens is 476 g/mol. The van der Waals surface area contributed by atoms with E-state index in [4.69, 9.17) is 16.3 Å². The lowest BCUT2D eigenvalue weighted by Gasteiger charge is -2.32. The molecule has 0 spiro atoms. The molecule has 5 rings (SSSR count). The second-order valence-corrected chi connectivity index (χ2v) is 11.3. The number of piperidine rings is 1. The summed E-state index contributed by atoms with van der Waals surface area (Å²) in [5.74, 6) is 1.86. The summed E-state index contributed by atoms with van der Waals surface area (Å²) in [4.78, 5) is 5.15. The van der Waals surface area contributed by atoms with Gasteiger partial charge in [0.25, 0.3) is 0 Å². The standard InChI is InChI=1S/C33H41ClN2O/c1-26-7-2-3-9-30(26)24-36-20-16-28-12-13-32(23-29(28)17-21-36)37-22-6-8-27-14-18-35(19-15-27)25-31-10-4-5-11-33(31)34/h2-5,7,9-13,23,27H,6,8,14-22,24-25H2,1H3. The van der Waals surface area contributed by atoms with Gasteiger partial charge in [-0.1, -0.05) is 60.1 Å². The molecule has 2 aliphatic rings. The van der Waals surface area contributed by atoms with Gasteiger partial charge >= 0.3 is 0 Å². The Labute approximate surface area is 228 Å². The third kappa shape index (κ3) is 7.37. The molecular formula is C33H41ClN2O. The Hall–Kier alpha value is -2.33. The van der Waals surface area contributed by atoms with Crippen molar-refractivity contribution in [3.8, 4) is 5.75 Å². The molecule has 4 heteroatoms. The first-order chi connectivity index (χ1) is 18.1. The minimum atomic E-state index is 0.817. The largest absolute Gasteiger partial charge is 0.494 e. The van der Waals surface area contributed by atoms with Gasteiger partial charge in [-0.3, -0.25) is 9.80 Å². The van der Waals surface area contributed by atoms with Gasteiger partial charge in [0.2, 0.25) is 0 Å². The highest BCUT2D eigenvalue weighted by atomic mass is 35.5. The van der Waals surface area contributed by atoms with Gasteiger partial charge in [-0.05, 0) is 110 Å². The highest BCUT2D eigenvalue weighted by Crippen LogP contribution is 2.26. The summed E-state index contributed by atoms with van der Waals surface area (Å²) in [6.07, 6.45) is 7.18. The molecule has 2 aliphatic heterocycles. The zero-order valence-electron chi connectivity index (χ0n) is 22.3. The molecule has 0 radical (unpaired) electrons. The Morgan fingerprint density at radius 1 is 0.784 bits per heavy atom. The van der Waals surface area contributed by atoms with E-state index in [1.54, 1.807) is 0 Å². The van der Waals surface area contributed by atoms with E-state index in [-0.39, 0.29) is 0 Å². The number of aryl methyl sites for hydroxylation is 1. The molecule has 0 aliphatic carbocycles. The minimum absolute atomic E-state index is 0.817. The monoisotopic (exact) mass is 516 g/mol. The van der Waals surface area contributed by atoms with Crippen molar-refractivity contribution in [2.24, 2.45) is 5.92 Å². The van der Waals surface area contributed by atoms with Crippen molar-refractivity contribution in [2.45, 2.75) is 58.5 Å². The maximum absolute atomic E-state index is 6.35. The molecule has 0 saturated carbocycles. The lowest BCUT2D eigenvalue weighted by Crippen LogP contribution is -2.33. The predicted molar refractivity (Wildman–Crippen MR) is 154 cm³/mol. The number of halogens is 1. The summed E-state index contributed by atoms with van der Waals surface area (Å²) >= 11 is 6.35. The highest BCUT2D eigenvalue weighted by molar-refractivity contribution is 6.31. The van der Waals surface area contributed by atoms with Crippen molar-refractivity contribution in [3.05, 3.63) is 99.6 Å². The van der Waals surface area contributed by atoms with Crippen molar-refractivity contribution >= 4 is 11.6 Å².